The molecule has 140 valence electrons. The van der Waals surface area contributed by atoms with Crippen LogP contribution in [0.25, 0.3) is 0 Å². The van der Waals surface area contributed by atoms with Crippen LogP contribution in [0, 0.1) is 20.8 Å². The molecule has 1 aromatic rings. The third-order valence-electron chi connectivity index (χ3n) is 4.21. The van der Waals surface area contributed by atoms with Crippen molar-refractivity contribution in [3.8, 4) is 0 Å². The zero-order chi connectivity index (χ0) is 19.0. The Morgan fingerprint density at radius 2 is 1.48 bits per heavy atom. The van der Waals surface area contributed by atoms with E-state index in [2.05, 4.69) is 5.32 Å². The third kappa shape index (κ3) is 4.52. The summed E-state index contributed by atoms with van der Waals surface area (Å²) in [4.78, 5) is 14.3. The fourth-order valence-electron chi connectivity index (χ4n) is 3.23. The van der Waals surface area contributed by atoms with Gasteiger partial charge < -0.3 is 10.2 Å². The number of amides is 2. The lowest BCUT2D eigenvalue weighted by atomic mass is 10.1. The molecule has 1 aliphatic heterocycles. The molecule has 0 unspecified atom stereocenters. The predicted octanol–water partition coefficient (Wildman–Crippen LogP) is 2.43. The minimum atomic E-state index is -3.55. The van der Waals surface area contributed by atoms with Gasteiger partial charge in [-0.15, -0.1) is 0 Å². The van der Waals surface area contributed by atoms with Gasteiger partial charge in [-0.25, -0.2) is 13.2 Å². The fraction of sp³-hybridized carbons (Fsp3) is 0.611. The second-order valence-electron chi connectivity index (χ2n) is 7.80. The van der Waals surface area contributed by atoms with E-state index >= 15 is 0 Å². The Bertz CT molecular complexity index is 735. The van der Waals surface area contributed by atoms with Crippen molar-refractivity contribution in [2.75, 3.05) is 26.2 Å². The van der Waals surface area contributed by atoms with Crippen LogP contribution in [0.2, 0.25) is 0 Å². The van der Waals surface area contributed by atoms with E-state index in [4.69, 9.17) is 0 Å². The molecule has 1 fully saturated rings. The lowest BCUT2D eigenvalue weighted by Crippen LogP contribution is -2.56. The van der Waals surface area contributed by atoms with Crippen LogP contribution < -0.4 is 5.32 Å². The van der Waals surface area contributed by atoms with E-state index in [1.54, 1.807) is 4.90 Å². The number of nitrogens with zero attached hydrogens (tertiary/aromatic N) is 2. The molecular formula is C18H29N3O3S. The Balaban J connectivity index is 2.14. The molecule has 0 saturated carbocycles. The summed E-state index contributed by atoms with van der Waals surface area (Å²) in [6, 6.07) is 3.65. The lowest BCUT2D eigenvalue weighted by Gasteiger charge is -2.36. The Morgan fingerprint density at radius 3 is 1.92 bits per heavy atom. The number of rotatable bonds is 2. The van der Waals surface area contributed by atoms with Crippen molar-refractivity contribution in [3.63, 3.8) is 0 Å². The molecule has 1 N–H and O–H groups in total. The zero-order valence-corrected chi connectivity index (χ0v) is 16.8. The number of benzene rings is 1. The van der Waals surface area contributed by atoms with Gasteiger partial charge in [0.05, 0.1) is 4.90 Å². The highest BCUT2D eigenvalue weighted by Gasteiger charge is 2.32. The van der Waals surface area contributed by atoms with Crippen molar-refractivity contribution in [1.82, 2.24) is 14.5 Å². The normalized spacial score (nSPS) is 16.8. The van der Waals surface area contributed by atoms with Gasteiger partial charge in [0.25, 0.3) is 0 Å². The quantitative estimate of drug-likeness (QED) is 0.873. The molecule has 2 rings (SSSR count). The Labute approximate surface area is 151 Å². The summed E-state index contributed by atoms with van der Waals surface area (Å²) >= 11 is 0. The number of hydrogen-bond acceptors (Lipinski definition) is 3. The number of carbonyl (C=O) groups excluding carboxylic acids is 1. The van der Waals surface area contributed by atoms with E-state index in [1.807, 2.05) is 53.7 Å². The average Bonchev–Trinajstić information content (AvgIpc) is 2.44. The van der Waals surface area contributed by atoms with Crippen molar-refractivity contribution in [2.24, 2.45) is 0 Å². The van der Waals surface area contributed by atoms with Gasteiger partial charge in [-0.1, -0.05) is 17.7 Å². The van der Waals surface area contributed by atoms with Crippen LogP contribution in [0.1, 0.15) is 37.5 Å². The first-order valence-corrected chi connectivity index (χ1v) is 10.0. The standard InChI is InChI=1S/C18H29N3O3S/c1-13-11-14(2)16(15(3)12-13)25(23,24)21-9-7-20(8-10-21)17(22)19-18(4,5)6/h11-12H,7-10H2,1-6H3,(H,19,22). The average molecular weight is 368 g/mol. The number of hydrogen-bond donors (Lipinski definition) is 1. The van der Waals surface area contributed by atoms with E-state index in [9.17, 15) is 13.2 Å². The van der Waals surface area contributed by atoms with E-state index in [1.165, 1.54) is 4.31 Å². The topological polar surface area (TPSA) is 69.7 Å². The van der Waals surface area contributed by atoms with Gasteiger partial charge in [0.2, 0.25) is 10.0 Å². The Morgan fingerprint density at radius 1 is 1.00 bits per heavy atom. The number of nitrogens with one attached hydrogen (secondary N) is 1. The fourth-order valence-corrected chi connectivity index (χ4v) is 5.07. The highest BCUT2D eigenvalue weighted by molar-refractivity contribution is 7.89. The molecule has 2 amide bonds. The lowest BCUT2D eigenvalue weighted by molar-refractivity contribution is 0.165. The van der Waals surface area contributed by atoms with Crippen molar-refractivity contribution >= 4 is 16.1 Å². The van der Waals surface area contributed by atoms with Gasteiger partial charge in [0, 0.05) is 31.7 Å². The summed E-state index contributed by atoms with van der Waals surface area (Å²) in [6.07, 6.45) is 0. The molecular weight excluding hydrogens is 338 g/mol. The van der Waals surface area contributed by atoms with Gasteiger partial charge in [0.15, 0.2) is 0 Å². The molecule has 1 aromatic carbocycles. The molecule has 0 aromatic heterocycles. The molecule has 0 bridgehead atoms. The number of aryl methyl sites for hydroxylation is 3. The largest absolute Gasteiger partial charge is 0.333 e. The van der Waals surface area contributed by atoms with Crippen molar-refractivity contribution in [2.45, 2.75) is 52.0 Å². The highest BCUT2D eigenvalue weighted by atomic mass is 32.2. The second kappa shape index (κ2) is 6.96. The van der Waals surface area contributed by atoms with E-state index in [-0.39, 0.29) is 11.6 Å². The van der Waals surface area contributed by atoms with Crippen molar-refractivity contribution in [3.05, 3.63) is 28.8 Å². The smallest absolute Gasteiger partial charge is 0.317 e. The minimum Gasteiger partial charge on any atom is -0.333 e. The van der Waals surface area contributed by atoms with E-state index in [0.717, 1.165) is 16.7 Å². The molecule has 0 atom stereocenters. The van der Waals surface area contributed by atoms with Gasteiger partial charge in [-0.05, 0) is 52.7 Å². The van der Waals surface area contributed by atoms with Gasteiger partial charge >= 0.3 is 6.03 Å². The van der Waals surface area contributed by atoms with Crippen LogP contribution in [0.4, 0.5) is 4.79 Å². The van der Waals surface area contributed by atoms with E-state index in [0.29, 0.717) is 31.1 Å². The van der Waals surface area contributed by atoms with Crippen LogP contribution in [0.5, 0.6) is 0 Å². The monoisotopic (exact) mass is 367 g/mol. The van der Waals surface area contributed by atoms with E-state index < -0.39 is 10.0 Å². The van der Waals surface area contributed by atoms with Crippen LogP contribution in [0.3, 0.4) is 0 Å². The second-order valence-corrected chi connectivity index (χ2v) is 9.67. The van der Waals surface area contributed by atoms with Gasteiger partial charge in [-0.2, -0.15) is 4.31 Å². The third-order valence-corrected chi connectivity index (χ3v) is 6.42. The molecule has 0 aliphatic carbocycles. The van der Waals surface area contributed by atoms with Crippen molar-refractivity contribution < 1.29 is 13.2 Å². The number of piperazine rings is 1. The van der Waals surface area contributed by atoms with Crippen LogP contribution in [-0.2, 0) is 10.0 Å². The first kappa shape index (κ1) is 19.7. The maximum absolute atomic E-state index is 13.1. The summed E-state index contributed by atoms with van der Waals surface area (Å²) in [7, 11) is -3.55. The summed E-state index contributed by atoms with van der Waals surface area (Å²) in [5, 5.41) is 2.92. The first-order chi connectivity index (χ1) is 11.4. The maximum Gasteiger partial charge on any atom is 0.317 e. The summed E-state index contributed by atoms with van der Waals surface area (Å²) < 4.78 is 27.6. The Kier molecular flexibility index (Phi) is 5.49. The number of sulfonamides is 1. The summed E-state index contributed by atoms with van der Waals surface area (Å²) in [5.41, 5.74) is 2.28. The molecule has 1 aliphatic rings. The molecule has 1 heterocycles. The minimum absolute atomic E-state index is 0.146. The van der Waals surface area contributed by atoms with Crippen LogP contribution in [0.15, 0.2) is 17.0 Å². The molecule has 7 heteroatoms. The highest BCUT2D eigenvalue weighted by Crippen LogP contribution is 2.26. The number of carbonyl (C=O) groups is 1. The molecule has 0 spiro atoms. The van der Waals surface area contributed by atoms with Crippen LogP contribution >= 0.6 is 0 Å². The molecule has 0 radical (unpaired) electrons. The first-order valence-electron chi connectivity index (χ1n) is 8.57. The molecule has 1 saturated heterocycles. The van der Waals surface area contributed by atoms with Gasteiger partial charge in [0.1, 0.15) is 0 Å². The van der Waals surface area contributed by atoms with Gasteiger partial charge in [-0.3, -0.25) is 0 Å². The van der Waals surface area contributed by atoms with Crippen molar-refractivity contribution in [1.29, 1.82) is 0 Å². The summed E-state index contributed by atoms with van der Waals surface area (Å²) in [6.45, 7) is 12.8. The van der Waals surface area contributed by atoms with Crippen LogP contribution in [-0.4, -0.2) is 55.4 Å². The molecule has 25 heavy (non-hydrogen) atoms. The summed E-state index contributed by atoms with van der Waals surface area (Å²) in [5.74, 6) is 0. The SMILES string of the molecule is Cc1cc(C)c(S(=O)(=O)N2CCN(C(=O)NC(C)(C)C)CC2)c(C)c1. The predicted molar refractivity (Wildman–Crippen MR) is 99.3 cm³/mol. The molecule has 6 nitrogen and oxygen atoms in total. The number of urea groups is 1. The maximum atomic E-state index is 13.1. The Hall–Kier alpha value is -1.60. The zero-order valence-electron chi connectivity index (χ0n) is 16.0.